The minimum atomic E-state index is -0.904. The van der Waals surface area contributed by atoms with Crippen LogP contribution < -0.4 is 5.32 Å². The molecule has 1 N–H and O–H groups in total. The smallest absolute Gasteiger partial charge is 0.256 e. The van der Waals surface area contributed by atoms with Crippen LogP contribution in [-0.4, -0.2) is 19.3 Å². The lowest BCUT2D eigenvalue weighted by molar-refractivity contribution is -0.265. The second-order valence-corrected chi connectivity index (χ2v) is 5.31. The van der Waals surface area contributed by atoms with Crippen LogP contribution in [0.15, 0.2) is 42.5 Å². The van der Waals surface area contributed by atoms with Crippen molar-refractivity contribution in [2.24, 2.45) is 0 Å². The van der Waals surface area contributed by atoms with E-state index in [4.69, 9.17) is 9.47 Å². The molecule has 0 bridgehead atoms. The Bertz CT molecular complexity index is 569. The lowest BCUT2D eigenvalue weighted by Gasteiger charge is -2.36. The molecule has 0 amide bonds. The summed E-state index contributed by atoms with van der Waals surface area (Å²) in [7, 11) is 0. The third-order valence-electron chi connectivity index (χ3n) is 3.32. The maximum atomic E-state index is 6.04. The van der Waals surface area contributed by atoms with Crippen LogP contribution in [0.3, 0.4) is 0 Å². The molecule has 2 aromatic rings. The van der Waals surface area contributed by atoms with Gasteiger partial charge in [0.15, 0.2) is 0 Å². The van der Waals surface area contributed by atoms with Crippen molar-refractivity contribution in [1.82, 2.24) is 5.32 Å². The number of hydrogen-bond acceptors (Lipinski definition) is 3. The zero-order valence-electron chi connectivity index (χ0n) is 13.3. The number of fused-ring (bicyclic) bond motifs is 1. The predicted molar refractivity (Wildman–Crippen MR) is 87.1 cm³/mol. The van der Waals surface area contributed by atoms with Gasteiger partial charge in [0.2, 0.25) is 0 Å². The summed E-state index contributed by atoms with van der Waals surface area (Å²) in [5.41, 5.74) is 1.03. The fourth-order valence-corrected chi connectivity index (χ4v) is 2.66. The molecule has 0 spiro atoms. The molecule has 0 saturated heterocycles. The maximum Gasteiger partial charge on any atom is 0.256 e. The summed E-state index contributed by atoms with van der Waals surface area (Å²) in [5, 5.41) is 5.79. The van der Waals surface area contributed by atoms with Crippen molar-refractivity contribution in [2.75, 3.05) is 13.2 Å². The van der Waals surface area contributed by atoms with E-state index in [2.05, 4.69) is 43.4 Å². The van der Waals surface area contributed by atoms with Gasteiger partial charge < -0.3 is 9.47 Å². The lowest BCUT2D eigenvalue weighted by atomic mass is 10.0. The van der Waals surface area contributed by atoms with Crippen LogP contribution in [-0.2, 0) is 15.4 Å². The first-order valence-corrected chi connectivity index (χ1v) is 7.66. The Morgan fingerprint density at radius 1 is 0.952 bits per heavy atom. The highest BCUT2D eigenvalue weighted by atomic mass is 16.7. The number of hydrogen-bond donors (Lipinski definition) is 1. The van der Waals surface area contributed by atoms with E-state index in [0.717, 1.165) is 10.9 Å². The van der Waals surface area contributed by atoms with E-state index in [9.17, 15) is 0 Å². The van der Waals surface area contributed by atoms with E-state index < -0.39 is 5.91 Å². The van der Waals surface area contributed by atoms with E-state index in [1.807, 2.05) is 32.0 Å². The predicted octanol–water partition coefficient (Wildman–Crippen LogP) is 4.02. The van der Waals surface area contributed by atoms with Gasteiger partial charge in [-0.3, -0.25) is 5.32 Å². The van der Waals surface area contributed by atoms with Gasteiger partial charge in [0.1, 0.15) is 0 Å². The van der Waals surface area contributed by atoms with Gasteiger partial charge in [-0.15, -0.1) is 0 Å². The van der Waals surface area contributed by atoms with Crippen LogP contribution >= 0.6 is 0 Å². The van der Waals surface area contributed by atoms with Crippen molar-refractivity contribution in [3.63, 3.8) is 0 Å². The molecule has 0 radical (unpaired) electrons. The summed E-state index contributed by atoms with van der Waals surface area (Å²) in [6.45, 7) is 9.31. The third kappa shape index (κ3) is 3.43. The van der Waals surface area contributed by atoms with E-state index >= 15 is 0 Å². The van der Waals surface area contributed by atoms with Gasteiger partial charge >= 0.3 is 0 Å². The van der Waals surface area contributed by atoms with Gasteiger partial charge in [0, 0.05) is 24.8 Å². The average Bonchev–Trinajstić information content (AvgIpc) is 2.46. The van der Waals surface area contributed by atoms with Crippen molar-refractivity contribution in [1.29, 1.82) is 0 Å². The standard InChI is InChI=1S/C18H25NO2/c1-5-20-18(21-6-2,19-14(3)4)17-13-9-11-15-10-7-8-12-16(15)17/h7-14,19H,5-6H2,1-4H3. The summed E-state index contributed by atoms with van der Waals surface area (Å²) in [6.07, 6.45) is 0. The monoisotopic (exact) mass is 287 g/mol. The average molecular weight is 287 g/mol. The van der Waals surface area contributed by atoms with Crippen molar-refractivity contribution < 1.29 is 9.47 Å². The molecule has 0 aliphatic carbocycles. The molecule has 3 heteroatoms. The summed E-state index contributed by atoms with van der Waals surface area (Å²) >= 11 is 0. The molecule has 3 nitrogen and oxygen atoms in total. The number of benzene rings is 2. The van der Waals surface area contributed by atoms with Crippen LogP contribution in [0.2, 0.25) is 0 Å². The first-order chi connectivity index (χ1) is 10.1. The fraction of sp³-hybridized carbons (Fsp3) is 0.444. The first-order valence-electron chi connectivity index (χ1n) is 7.66. The summed E-state index contributed by atoms with van der Waals surface area (Å²) in [5.74, 6) is -0.904. The van der Waals surface area contributed by atoms with Gasteiger partial charge in [-0.1, -0.05) is 42.5 Å². The van der Waals surface area contributed by atoms with Gasteiger partial charge in [-0.05, 0) is 38.5 Å². The molecule has 2 rings (SSSR count). The molecular weight excluding hydrogens is 262 g/mol. The Morgan fingerprint density at radius 2 is 1.57 bits per heavy atom. The molecule has 2 aromatic carbocycles. The minimum absolute atomic E-state index is 0.238. The van der Waals surface area contributed by atoms with Crippen LogP contribution in [0.25, 0.3) is 10.8 Å². The third-order valence-corrected chi connectivity index (χ3v) is 3.32. The van der Waals surface area contributed by atoms with Crippen molar-refractivity contribution in [2.45, 2.75) is 39.6 Å². The number of rotatable bonds is 7. The van der Waals surface area contributed by atoms with Crippen LogP contribution in [0.5, 0.6) is 0 Å². The van der Waals surface area contributed by atoms with Gasteiger partial charge in [0.25, 0.3) is 5.91 Å². The minimum Gasteiger partial charge on any atom is -0.334 e. The number of ether oxygens (including phenoxy) is 2. The van der Waals surface area contributed by atoms with Crippen LogP contribution in [0, 0.1) is 0 Å². The highest BCUT2D eigenvalue weighted by molar-refractivity contribution is 5.86. The Kier molecular flexibility index (Phi) is 5.34. The highest BCUT2D eigenvalue weighted by Gasteiger charge is 2.35. The fourth-order valence-electron chi connectivity index (χ4n) is 2.66. The molecule has 0 aliphatic rings. The first kappa shape index (κ1) is 16.0. The van der Waals surface area contributed by atoms with Crippen molar-refractivity contribution >= 4 is 10.8 Å². The molecule has 0 aliphatic heterocycles. The zero-order chi connectivity index (χ0) is 15.3. The van der Waals surface area contributed by atoms with Gasteiger partial charge in [-0.25, -0.2) is 0 Å². The van der Waals surface area contributed by atoms with Crippen molar-refractivity contribution in [3.8, 4) is 0 Å². The Labute approximate surface area is 127 Å². The van der Waals surface area contributed by atoms with E-state index in [1.54, 1.807) is 0 Å². The molecule has 0 aromatic heterocycles. The Hall–Kier alpha value is -1.42. The maximum absolute atomic E-state index is 6.04. The molecule has 0 atom stereocenters. The van der Waals surface area contributed by atoms with E-state index in [1.165, 1.54) is 5.39 Å². The topological polar surface area (TPSA) is 30.5 Å². The Balaban J connectivity index is 2.61. The number of nitrogens with one attached hydrogen (secondary N) is 1. The molecule has 0 unspecified atom stereocenters. The quantitative estimate of drug-likeness (QED) is 0.780. The molecule has 0 saturated carbocycles. The van der Waals surface area contributed by atoms with Crippen LogP contribution in [0.4, 0.5) is 0 Å². The second kappa shape index (κ2) is 7.03. The molecule has 0 heterocycles. The Morgan fingerprint density at radius 3 is 2.19 bits per heavy atom. The summed E-state index contributed by atoms with van der Waals surface area (Å²) in [4.78, 5) is 0. The SMILES string of the molecule is CCOC(NC(C)C)(OCC)c1cccc2ccccc12. The second-order valence-electron chi connectivity index (χ2n) is 5.31. The molecule has 21 heavy (non-hydrogen) atoms. The van der Waals surface area contributed by atoms with E-state index in [0.29, 0.717) is 13.2 Å². The summed E-state index contributed by atoms with van der Waals surface area (Å²) in [6, 6.07) is 14.8. The molecular formula is C18H25NO2. The zero-order valence-corrected chi connectivity index (χ0v) is 13.3. The van der Waals surface area contributed by atoms with Crippen molar-refractivity contribution in [3.05, 3.63) is 48.0 Å². The van der Waals surface area contributed by atoms with E-state index in [-0.39, 0.29) is 6.04 Å². The van der Waals surface area contributed by atoms with Gasteiger partial charge in [-0.2, -0.15) is 0 Å². The normalized spacial score (nSPS) is 12.2. The van der Waals surface area contributed by atoms with Gasteiger partial charge in [0.05, 0.1) is 0 Å². The largest absolute Gasteiger partial charge is 0.334 e. The van der Waals surface area contributed by atoms with Crippen LogP contribution in [0.1, 0.15) is 33.3 Å². The highest BCUT2D eigenvalue weighted by Crippen LogP contribution is 2.31. The summed E-state index contributed by atoms with van der Waals surface area (Å²) < 4.78 is 12.1. The molecule has 0 fully saturated rings. The molecule has 114 valence electrons. The lowest BCUT2D eigenvalue weighted by Crippen LogP contribution is -2.50.